The van der Waals surface area contributed by atoms with Crippen LogP contribution in [0.3, 0.4) is 0 Å². The van der Waals surface area contributed by atoms with Crippen LogP contribution in [0.15, 0.2) is 24.5 Å². The molecule has 3 nitrogen and oxygen atoms in total. The Morgan fingerprint density at radius 1 is 1.35 bits per heavy atom. The summed E-state index contributed by atoms with van der Waals surface area (Å²) in [6, 6.07) is 2.48. The SMILES string of the molecule is Cc1ccc(F)c(C(O)c2cnn(C)c2)c1F. The molecule has 1 aromatic heterocycles. The first-order chi connectivity index (χ1) is 8.00. The summed E-state index contributed by atoms with van der Waals surface area (Å²) in [6.07, 6.45) is 1.56. The molecular formula is C12H12F2N2O. The van der Waals surface area contributed by atoms with Gasteiger partial charge in [0.1, 0.15) is 17.7 Å². The van der Waals surface area contributed by atoms with Crippen molar-refractivity contribution in [2.75, 3.05) is 0 Å². The second kappa shape index (κ2) is 4.25. The summed E-state index contributed by atoms with van der Waals surface area (Å²) in [5.74, 6) is -1.48. The first-order valence-electron chi connectivity index (χ1n) is 5.12. The molecule has 1 unspecified atom stereocenters. The van der Waals surface area contributed by atoms with E-state index in [0.717, 1.165) is 6.07 Å². The van der Waals surface area contributed by atoms with Crippen LogP contribution >= 0.6 is 0 Å². The predicted molar refractivity (Wildman–Crippen MR) is 58.4 cm³/mol. The summed E-state index contributed by atoms with van der Waals surface area (Å²) in [5.41, 5.74) is 0.318. The fourth-order valence-corrected chi connectivity index (χ4v) is 1.68. The van der Waals surface area contributed by atoms with E-state index >= 15 is 0 Å². The number of halogens is 2. The largest absolute Gasteiger partial charge is 0.383 e. The molecule has 5 heteroatoms. The van der Waals surface area contributed by atoms with Gasteiger partial charge in [0.15, 0.2) is 0 Å². The lowest BCUT2D eigenvalue weighted by atomic mass is 10.0. The van der Waals surface area contributed by atoms with E-state index in [0.29, 0.717) is 11.1 Å². The molecule has 1 heterocycles. The van der Waals surface area contributed by atoms with Gasteiger partial charge in [0.2, 0.25) is 0 Å². The lowest BCUT2D eigenvalue weighted by Gasteiger charge is -2.12. The van der Waals surface area contributed by atoms with Crippen LogP contribution in [0.2, 0.25) is 0 Å². The lowest BCUT2D eigenvalue weighted by molar-refractivity contribution is 0.208. The van der Waals surface area contributed by atoms with Crippen molar-refractivity contribution in [3.05, 3.63) is 52.9 Å². The van der Waals surface area contributed by atoms with Gasteiger partial charge in [-0.2, -0.15) is 5.10 Å². The molecule has 0 radical (unpaired) electrons. The molecular weight excluding hydrogens is 226 g/mol. The molecule has 0 saturated heterocycles. The molecule has 0 saturated carbocycles. The summed E-state index contributed by atoms with van der Waals surface area (Å²) in [4.78, 5) is 0. The number of aliphatic hydroxyl groups is 1. The molecule has 0 bridgehead atoms. The van der Waals surface area contributed by atoms with Crippen molar-refractivity contribution in [3.8, 4) is 0 Å². The summed E-state index contributed by atoms with van der Waals surface area (Å²) >= 11 is 0. The molecule has 1 N–H and O–H groups in total. The van der Waals surface area contributed by atoms with E-state index in [1.165, 1.54) is 30.1 Å². The normalized spacial score (nSPS) is 12.8. The zero-order valence-corrected chi connectivity index (χ0v) is 9.48. The van der Waals surface area contributed by atoms with Gasteiger partial charge < -0.3 is 5.11 Å². The zero-order valence-electron chi connectivity index (χ0n) is 9.48. The van der Waals surface area contributed by atoms with E-state index in [-0.39, 0.29) is 5.56 Å². The number of rotatable bonds is 2. The molecule has 0 spiro atoms. The number of aromatic nitrogens is 2. The van der Waals surface area contributed by atoms with Crippen LogP contribution in [0, 0.1) is 18.6 Å². The van der Waals surface area contributed by atoms with Gasteiger partial charge in [-0.25, -0.2) is 8.78 Å². The van der Waals surface area contributed by atoms with Crippen molar-refractivity contribution in [2.45, 2.75) is 13.0 Å². The van der Waals surface area contributed by atoms with Gasteiger partial charge in [0.05, 0.1) is 11.8 Å². The highest BCUT2D eigenvalue weighted by atomic mass is 19.1. The molecule has 0 amide bonds. The Morgan fingerprint density at radius 2 is 2.06 bits per heavy atom. The van der Waals surface area contributed by atoms with Crippen LogP contribution in [0.5, 0.6) is 0 Å². The fraction of sp³-hybridized carbons (Fsp3) is 0.250. The maximum absolute atomic E-state index is 13.8. The minimum atomic E-state index is -1.34. The molecule has 0 aliphatic heterocycles. The first kappa shape index (κ1) is 11.7. The Bertz CT molecular complexity index is 551. The third-order valence-corrected chi connectivity index (χ3v) is 2.63. The van der Waals surface area contributed by atoms with Crippen molar-refractivity contribution in [3.63, 3.8) is 0 Å². The summed E-state index contributed by atoms with van der Waals surface area (Å²) < 4.78 is 28.8. The van der Waals surface area contributed by atoms with Gasteiger partial charge in [-0.3, -0.25) is 4.68 Å². The van der Waals surface area contributed by atoms with Crippen LogP contribution in [0.25, 0.3) is 0 Å². The third kappa shape index (κ3) is 2.06. The van der Waals surface area contributed by atoms with Gasteiger partial charge in [-0.15, -0.1) is 0 Å². The van der Waals surface area contributed by atoms with E-state index in [2.05, 4.69) is 5.10 Å². The Kier molecular flexibility index (Phi) is 2.93. The highest BCUT2D eigenvalue weighted by Gasteiger charge is 2.21. The predicted octanol–water partition coefficient (Wildman–Crippen LogP) is 2.09. The number of nitrogens with zero attached hydrogens (tertiary/aromatic N) is 2. The van der Waals surface area contributed by atoms with Crippen LogP contribution in [-0.4, -0.2) is 14.9 Å². The maximum Gasteiger partial charge on any atom is 0.135 e. The minimum Gasteiger partial charge on any atom is -0.383 e. The molecule has 1 atom stereocenters. The van der Waals surface area contributed by atoms with Crippen molar-refractivity contribution in [1.82, 2.24) is 9.78 Å². The van der Waals surface area contributed by atoms with E-state index < -0.39 is 17.7 Å². The van der Waals surface area contributed by atoms with Crippen LogP contribution < -0.4 is 0 Å². The summed E-state index contributed by atoms with van der Waals surface area (Å²) in [7, 11) is 1.67. The number of aliphatic hydroxyl groups excluding tert-OH is 1. The average molecular weight is 238 g/mol. The number of benzene rings is 1. The van der Waals surface area contributed by atoms with Gasteiger partial charge in [0, 0.05) is 18.8 Å². The molecule has 0 aliphatic rings. The van der Waals surface area contributed by atoms with Gasteiger partial charge >= 0.3 is 0 Å². The van der Waals surface area contributed by atoms with Crippen LogP contribution in [-0.2, 0) is 7.05 Å². The molecule has 17 heavy (non-hydrogen) atoms. The highest BCUT2D eigenvalue weighted by Crippen LogP contribution is 2.27. The third-order valence-electron chi connectivity index (χ3n) is 2.63. The molecule has 2 rings (SSSR count). The molecule has 1 aromatic carbocycles. The monoisotopic (exact) mass is 238 g/mol. The topological polar surface area (TPSA) is 38.1 Å². The number of aryl methyl sites for hydroxylation is 2. The van der Waals surface area contributed by atoms with Gasteiger partial charge in [0.25, 0.3) is 0 Å². The molecule has 0 fully saturated rings. The zero-order chi connectivity index (χ0) is 12.6. The van der Waals surface area contributed by atoms with Crippen molar-refractivity contribution in [2.24, 2.45) is 7.05 Å². The smallest absolute Gasteiger partial charge is 0.135 e. The Labute approximate surface area is 97.3 Å². The Morgan fingerprint density at radius 3 is 2.65 bits per heavy atom. The number of hydrogen-bond acceptors (Lipinski definition) is 2. The second-order valence-electron chi connectivity index (χ2n) is 3.94. The lowest BCUT2D eigenvalue weighted by Crippen LogP contribution is -2.06. The van der Waals surface area contributed by atoms with Crippen molar-refractivity contribution in [1.29, 1.82) is 0 Å². The maximum atomic E-state index is 13.8. The van der Waals surface area contributed by atoms with E-state index in [4.69, 9.17) is 0 Å². The van der Waals surface area contributed by atoms with Crippen molar-refractivity contribution >= 4 is 0 Å². The second-order valence-corrected chi connectivity index (χ2v) is 3.94. The molecule has 0 aliphatic carbocycles. The van der Waals surface area contributed by atoms with E-state index in [1.54, 1.807) is 7.05 Å². The van der Waals surface area contributed by atoms with E-state index in [9.17, 15) is 13.9 Å². The van der Waals surface area contributed by atoms with Crippen LogP contribution in [0.1, 0.15) is 22.8 Å². The number of hydrogen-bond donors (Lipinski definition) is 1. The van der Waals surface area contributed by atoms with E-state index in [1.807, 2.05) is 0 Å². The van der Waals surface area contributed by atoms with Crippen molar-refractivity contribution < 1.29 is 13.9 Å². The summed E-state index contributed by atoms with van der Waals surface area (Å²) in [6.45, 7) is 1.52. The van der Waals surface area contributed by atoms with Gasteiger partial charge in [-0.05, 0) is 18.6 Å². The molecule has 2 aromatic rings. The minimum absolute atomic E-state index is 0.296. The molecule has 90 valence electrons. The quantitative estimate of drug-likeness (QED) is 0.870. The van der Waals surface area contributed by atoms with Crippen LogP contribution in [0.4, 0.5) is 8.78 Å². The first-order valence-corrected chi connectivity index (χ1v) is 5.12. The standard InChI is InChI=1S/C12H12F2N2O/c1-7-3-4-9(13)10(11(7)14)12(17)8-5-15-16(2)6-8/h3-6,12,17H,1-2H3. The average Bonchev–Trinajstić information content (AvgIpc) is 2.71. The fourth-order valence-electron chi connectivity index (χ4n) is 1.68. The van der Waals surface area contributed by atoms with Gasteiger partial charge in [-0.1, -0.05) is 6.07 Å². The summed E-state index contributed by atoms with van der Waals surface area (Å²) in [5, 5.41) is 13.8. The Balaban J connectivity index is 2.50. The Hall–Kier alpha value is -1.75. The highest BCUT2D eigenvalue weighted by molar-refractivity contribution is 5.33.